The maximum absolute atomic E-state index is 13.4. The molecule has 4 rings (SSSR count). The third kappa shape index (κ3) is 4.80. The molecule has 2 fully saturated rings. The minimum absolute atomic E-state index is 0.000433. The van der Waals surface area contributed by atoms with Gasteiger partial charge in [0.2, 0.25) is 5.91 Å². The van der Waals surface area contributed by atoms with Crippen LogP contribution in [0.25, 0.3) is 0 Å². The molecule has 0 unspecified atom stereocenters. The van der Waals surface area contributed by atoms with Crippen molar-refractivity contribution in [2.45, 2.75) is 17.5 Å². The number of halogens is 3. The van der Waals surface area contributed by atoms with Gasteiger partial charge in [-0.3, -0.25) is 9.78 Å². The Morgan fingerprint density at radius 1 is 1.27 bits per heavy atom. The highest BCUT2D eigenvalue weighted by Gasteiger charge is 2.50. The summed E-state index contributed by atoms with van der Waals surface area (Å²) < 4.78 is 40.2. The Morgan fingerprint density at radius 3 is 2.70 bits per heavy atom. The fourth-order valence-electron chi connectivity index (χ4n) is 4.70. The maximum atomic E-state index is 13.4. The lowest BCUT2D eigenvalue weighted by Gasteiger charge is -2.42. The number of carbonyl (C=O) groups is 1. The van der Waals surface area contributed by atoms with Crippen LogP contribution in [0.1, 0.15) is 17.5 Å². The van der Waals surface area contributed by atoms with Gasteiger partial charge in [-0.1, -0.05) is 0 Å². The smallest absolute Gasteiger partial charge is 0.396 e. The van der Waals surface area contributed by atoms with Crippen molar-refractivity contribution in [1.82, 2.24) is 9.88 Å². The highest BCUT2D eigenvalue weighted by molar-refractivity contribution is 8.00. The molecular formula is C23H23F3N4O2S. The molecule has 0 radical (unpaired) electrons. The Labute approximate surface area is 194 Å². The van der Waals surface area contributed by atoms with Crippen LogP contribution < -0.4 is 4.90 Å². The molecule has 33 heavy (non-hydrogen) atoms. The fraction of sp³-hybridized carbons (Fsp3) is 0.435. The molecule has 3 heterocycles. The topological polar surface area (TPSA) is 80.5 Å². The first kappa shape index (κ1) is 23.4. The third-order valence-corrected chi connectivity index (χ3v) is 7.60. The number of thioether (sulfide) groups is 1. The number of likely N-dealkylation sites (tertiary alicyclic amines) is 1. The molecule has 1 amide bonds. The number of alkyl halides is 3. The zero-order valence-corrected chi connectivity index (χ0v) is 18.6. The summed E-state index contributed by atoms with van der Waals surface area (Å²) in [5.74, 6) is 0.229. The van der Waals surface area contributed by atoms with Gasteiger partial charge in [0.25, 0.3) is 0 Å². The van der Waals surface area contributed by atoms with Crippen LogP contribution in [0.3, 0.4) is 0 Å². The van der Waals surface area contributed by atoms with E-state index >= 15 is 0 Å². The van der Waals surface area contributed by atoms with Crippen molar-refractivity contribution in [2.24, 2.45) is 11.3 Å². The number of hydrogen-bond donors (Lipinski definition) is 1. The van der Waals surface area contributed by atoms with Crippen molar-refractivity contribution < 1.29 is 23.1 Å². The van der Waals surface area contributed by atoms with Gasteiger partial charge >= 0.3 is 6.18 Å². The summed E-state index contributed by atoms with van der Waals surface area (Å²) in [6.07, 6.45) is -0.704. The van der Waals surface area contributed by atoms with Crippen LogP contribution in [-0.2, 0) is 11.0 Å². The van der Waals surface area contributed by atoms with E-state index in [0.717, 1.165) is 11.0 Å². The van der Waals surface area contributed by atoms with Crippen LogP contribution in [0.15, 0.2) is 47.6 Å². The maximum Gasteiger partial charge on any atom is 0.417 e. The molecular weight excluding hydrogens is 453 g/mol. The first-order valence-corrected chi connectivity index (χ1v) is 11.5. The zero-order chi connectivity index (χ0) is 23.6. The quantitative estimate of drug-likeness (QED) is 0.667. The summed E-state index contributed by atoms with van der Waals surface area (Å²) in [6.45, 7) is 1.71. The van der Waals surface area contributed by atoms with Crippen LogP contribution in [0.2, 0.25) is 0 Å². The molecule has 1 aromatic carbocycles. The van der Waals surface area contributed by atoms with Gasteiger partial charge in [0, 0.05) is 60.5 Å². The Kier molecular flexibility index (Phi) is 6.54. The second kappa shape index (κ2) is 9.23. The number of rotatable bonds is 5. The minimum Gasteiger partial charge on any atom is -0.396 e. The molecule has 0 bridgehead atoms. The molecule has 1 aromatic heterocycles. The summed E-state index contributed by atoms with van der Waals surface area (Å²) >= 11 is 1.43. The van der Waals surface area contributed by atoms with Crippen molar-refractivity contribution >= 4 is 23.4 Å². The summed E-state index contributed by atoms with van der Waals surface area (Å²) in [4.78, 5) is 21.3. The second-order valence-corrected chi connectivity index (χ2v) is 9.55. The summed E-state index contributed by atoms with van der Waals surface area (Å²) in [6, 6.07) is 9.00. The highest BCUT2D eigenvalue weighted by atomic mass is 32.2. The number of aromatic nitrogens is 1. The second-order valence-electron chi connectivity index (χ2n) is 8.50. The first-order valence-electron chi connectivity index (χ1n) is 10.5. The lowest BCUT2D eigenvalue weighted by molar-refractivity contribution is -0.137. The number of aliphatic hydroxyl groups excluding tert-OH is 1. The number of aliphatic hydroxyl groups is 1. The average molecular weight is 477 g/mol. The predicted molar refractivity (Wildman–Crippen MR) is 118 cm³/mol. The molecule has 0 aliphatic carbocycles. The van der Waals surface area contributed by atoms with Gasteiger partial charge < -0.3 is 14.9 Å². The van der Waals surface area contributed by atoms with E-state index in [9.17, 15) is 23.1 Å². The standard InChI is InChI=1S/C23H23F3N4O2S/c24-23(25,26)20-9-18(2-1-16(20)10-27)30-12-17-11-29(8-5-22(17,14-30)15-31)21(32)13-33-19-3-6-28-7-4-19/h1-4,6-7,9,17,31H,5,8,11-15H2/t17-,22+/m1/s1. The lowest BCUT2D eigenvalue weighted by Crippen LogP contribution is -2.51. The van der Waals surface area contributed by atoms with Gasteiger partial charge in [-0.05, 0) is 36.8 Å². The molecule has 2 saturated heterocycles. The van der Waals surface area contributed by atoms with E-state index in [0.29, 0.717) is 38.3 Å². The number of benzene rings is 1. The fourth-order valence-corrected chi connectivity index (χ4v) is 5.48. The van der Waals surface area contributed by atoms with Gasteiger partial charge in [0.1, 0.15) is 0 Å². The summed E-state index contributed by atoms with van der Waals surface area (Å²) in [7, 11) is 0. The van der Waals surface area contributed by atoms with Crippen LogP contribution in [0.4, 0.5) is 18.9 Å². The number of pyridine rings is 1. The Bertz CT molecular complexity index is 1060. The number of nitriles is 1. The largest absolute Gasteiger partial charge is 0.417 e. The average Bonchev–Trinajstić information content (AvgIpc) is 3.21. The first-order chi connectivity index (χ1) is 15.8. The van der Waals surface area contributed by atoms with Crippen LogP contribution >= 0.6 is 11.8 Å². The number of fused-ring (bicyclic) bond motifs is 1. The number of amides is 1. The monoisotopic (exact) mass is 476 g/mol. The molecule has 2 aliphatic heterocycles. The Morgan fingerprint density at radius 2 is 2.03 bits per heavy atom. The molecule has 0 saturated carbocycles. The van der Waals surface area contributed by atoms with E-state index < -0.39 is 22.7 Å². The molecule has 6 nitrogen and oxygen atoms in total. The lowest BCUT2D eigenvalue weighted by atomic mass is 9.73. The Balaban J connectivity index is 1.47. The number of carbonyl (C=O) groups excluding carboxylic acids is 1. The zero-order valence-electron chi connectivity index (χ0n) is 17.8. The number of hydrogen-bond acceptors (Lipinski definition) is 6. The predicted octanol–water partition coefficient (Wildman–Crippen LogP) is 3.41. The van der Waals surface area contributed by atoms with Gasteiger partial charge in [0.15, 0.2) is 0 Å². The van der Waals surface area contributed by atoms with E-state index in [4.69, 9.17) is 5.26 Å². The van der Waals surface area contributed by atoms with E-state index in [1.54, 1.807) is 23.4 Å². The molecule has 0 spiro atoms. The van der Waals surface area contributed by atoms with E-state index in [1.807, 2.05) is 17.0 Å². The SMILES string of the molecule is N#Cc1ccc(N2C[C@H]3CN(C(=O)CSc4ccncc4)CC[C@@]3(CO)C2)cc1C(F)(F)F. The van der Waals surface area contributed by atoms with Crippen molar-refractivity contribution in [1.29, 1.82) is 5.26 Å². The van der Waals surface area contributed by atoms with E-state index in [1.165, 1.54) is 23.9 Å². The summed E-state index contributed by atoms with van der Waals surface area (Å²) in [5.41, 5.74) is -1.47. The van der Waals surface area contributed by atoms with Crippen LogP contribution in [0.5, 0.6) is 0 Å². The molecule has 2 aliphatic rings. The van der Waals surface area contributed by atoms with Crippen molar-refractivity contribution in [3.63, 3.8) is 0 Å². The molecule has 10 heteroatoms. The number of piperidine rings is 1. The third-order valence-electron chi connectivity index (χ3n) is 6.61. The normalized spacial score (nSPS) is 22.7. The van der Waals surface area contributed by atoms with Crippen LogP contribution in [0, 0.1) is 22.7 Å². The van der Waals surface area contributed by atoms with Crippen molar-refractivity contribution in [3.8, 4) is 6.07 Å². The van der Waals surface area contributed by atoms with Crippen molar-refractivity contribution in [3.05, 3.63) is 53.9 Å². The van der Waals surface area contributed by atoms with Gasteiger partial charge in [-0.15, -0.1) is 11.8 Å². The van der Waals surface area contributed by atoms with Gasteiger partial charge in [-0.25, -0.2) is 0 Å². The molecule has 2 atom stereocenters. The van der Waals surface area contributed by atoms with Gasteiger partial charge in [0.05, 0.1) is 29.6 Å². The number of anilines is 1. The molecule has 2 aromatic rings. The van der Waals surface area contributed by atoms with Crippen LogP contribution in [-0.4, -0.2) is 59.4 Å². The van der Waals surface area contributed by atoms with Gasteiger partial charge in [-0.2, -0.15) is 18.4 Å². The highest BCUT2D eigenvalue weighted by Crippen LogP contribution is 2.45. The number of nitrogens with zero attached hydrogens (tertiary/aromatic N) is 4. The van der Waals surface area contributed by atoms with E-state index in [-0.39, 0.29) is 24.2 Å². The molecule has 174 valence electrons. The molecule has 1 N–H and O–H groups in total. The van der Waals surface area contributed by atoms with Crippen molar-refractivity contribution in [2.75, 3.05) is 43.4 Å². The summed E-state index contributed by atoms with van der Waals surface area (Å²) in [5, 5.41) is 19.2. The van der Waals surface area contributed by atoms with E-state index in [2.05, 4.69) is 4.98 Å². The minimum atomic E-state index is -4.63. The Hall–Kier alpha value is -2.77.